The molecule has 2 saturated carbocycles. The molecule has 0 aromatic heterocycles. The summed E-state index contributed by atoms with van der Waals surface area (Å²) in [5.74, 6) is 3.23. The zero-order valence-corrected chi connectivity index (χ0v) is 13.2. The summed E-state index contributed by atoms with van der Waals surface area (Å²) in [4.78, 5) is 2.60. The van der Waals surface area contributed by atoms with Crippen molar-refractivity contribution in [3.63, 3.8) is 0 Å². The van der Waals surface area contributed by atoms with Gasteiger partial charge in [-0.1, -0.05) is 19.8 Å². The van der Waals surface area contributed by atoms with Gasteiger partial charge in [0.2, 0.25) is 0 Å². The molecule has 0 aromatic carbocycles. The van der Waals surface area contributed by atoms with Gasteiger partial charge in [-0.3, -0.25) is 0 Å². The first-order valence-corrected chi connectivity index (χ1v) is 8.68. The van der Waals surface area contributed by atoms with Crippen molar-refractivity contribution in [3.8, 4) is 0 Å². The Morgan fingerprint density at radius 3 is 2.63 bits per heavy atom. The van der Waals surface area contributed by atoms with Gasteiger partial charge in [-0.15, -0.1) is 0 Å². The minimum Gasteiger partial charge on any atom is -0.317 e. The Labute approximate surface area is 120 Å². The van der Waals surface area contributed by atoms with Crippen LogP contribution in [0.3, 0.4) is 0 Å². The molecule has 2 fully saturated rings. The molecular formula is C17H34N2. The average Bonchev–Trinajstić information content (AvgIpc) is 3.00. The van der Waals surface area contributed by atoms with Crippen molar-refractivity contribution < 1.29 is 0 Å². The third-order valence-corrected chi connectivity index (χ3v) is 5.25. The van der Waals surface area contributed by atoms with Crippen molar-refractivity contribution in [2.75, 3.05) is 33.2 Å². The van der Waals surface area contributed by atoms with Gasteiger partial charge in [-0.25, -0.2) is 0 Å². The van der Waals surface area contributed by atoms with Gasteiger partial charge >= 0.3 is 0 Å². The summed E-state index contributed by atoms with van der Waals surface area (Å²) in [7, 11) is 2.33. The van der Waals surface area contributed by atoms with Gasteiger partial charge in [0.25, 0.3) is 0 Å². The average molecular weight is 266 g/mol. The van der Waals surface area contributed by atoms with E-state index in [9.17, 15) is 0 Å². The first-order valence-electron chi connectivity index (χ1n) is 8.68. The predicted octanol–water partition coefficient (Wildman–Crippen LogP) is 3.52. The van der Waals surface area contributed by atoms with Gasteiger partial charge < -0.3 is 10.2 Å². The van der Waals surface area contributed by atoms with Gasteiger partial charge in [-0.05, 0) is 83.0 Å². The molecule has 2 aliphatic rings. The fourth-order valence-electron chi connectivity index (χ4n) is 4.20. The quantitative estimate of drug-likeness (QED) is 0.609. The topological polar surface area (TPSA) is 15.3 Å². The lowest BCUT2D eigenvalue weighted by Gasteiger charge is -2.27. The third-order valence-electron chi connectivity index (χ3n) is 5.25. The fraction of sp³-hybridized carbons (Fsp3) is 1.00. The van der Waals surface area contributed by atoms with Crippen LogP contribution in [0.5, 0.6) is 0 Å². The van der Waals surface area contributed by atoms with Crippen LogP contribution in [0.4, 0.5) is 0 Å². The number of fused-ring (bicyclic) bond motifs is 2. The smallest absolute Gasteiger partial charge is 0.000936 e. The molecule has 0 radical (unpaired) electrons. The van der Waals surface area contributed by atoms with Gasteiger partial charge in [0.05, 0.1) is 0 Å². The van der Waals surface area contributed by atoms with Crippen LogP contribution < -0.4 is 5.32 Å². The second kappa shape index (κ2) is 8.26. The second-order valence-corrected chi connectivity index (χ2v) is 7.01. The molecule has 0 saturated heterocycles. The Bertz CT molecular complexity index is 241. The second-order valence-electron chi connectivity index (χ2n) is 7.01. The Kier molecular flexibility index (Phi) is 6.66. The molecule has 2 bridgehead atoms. The molecule has 0 heterocycles. The molecule has 2 aliphatic carbocycles. The van der Waals surface area contributed by atoms with Crippen molar-refractivity contribution in [1.82, 2.24) is 10.2 Å². The molecule has 3 unspecified atom stereocenters. The Hall–Kier alpha value is -0.0800. The monoisotopic (exact) mass is 266 g/mol. The largest absolute Gasteiger partial charge is 0.317 e. The third kappa shape index (κ3) is 5.07. The van der Waals surface area contributed by atoms with E-state index in [2.05, 4.69) is 24.2 Å². The molecule has 19 heavy (non-hydrogen) atoms. The Balaban J connectivity index is 1.45. The lowest BCUT2D eigenvalue weighted by Crippen LogP contribution is -2.29. The summed E-state index contributed by atoms with van der Waals surface area (Å²) >= 11 is 0. The van der Waals surface area contributed by atoms with Crippen LogP contribution in [-0.4, -0.2) is 38.1 Å². The van der Waals surface area contributed by atoms with E-state index < -0.39 is 0 Å². The molecule has 112 valence electrons. The van der Waals surface area contributed by atoms with Crippen molar-refractivity contribution in [1.29, 1.82) is 0 Å². The zero-order valence-electron chi connectivity index (χ0n) is 13.2. The minimum atomic E-state index is 1.04. The maximum Gasteiger partial charge on any atom is 0.000936 e. The lowest BCUT2D eigenvalue weighted by molar-refractivity contribution is 0.217. The number of hydrogen-bond donors (Lipinski definition) is 1. The first kappa shape index (κ1) is 15.3. The van der Waals surface area contributed by atoms with E-state index in [1.807, 2.05) is 0 Å². The summed E-state index contributed by atoms with van der Waals surface area (Å²) in [6.45, 7) is 7.31. The molecular weight excluding hydrogens is 232 g/mol. The summed E-state index contributed by atoms with van der Waals surface area (Å²) in [5.41, 5.74) is 0. The Morgan fingerprint density at radius 2 is 1.95 bits per heavy atom. The van der Waals surface area contributed by atoms with Crippen LogP contribution in [0.2, 0.25) is 0 Å². The van der Waals surface area contributed by atoms with Crippen LogP contribution in [-0.2, 0) is 0 Å². The van der Waals surface area contributed by atoms with Crippen LogP contribution in [0.15, 0.2) is 0 Å². The molecule has 0 spiro atoms. The van der Waals surface area contributed by atoms with E-state index in [-0.39, 0.29) is 0 Å². The van der Waals surface area contributed by atoms with Gasteiger partial charge in [0, 0.05) is 6.54 Å². The van der Waals surface area contributed by atoms with E-state index in [1.165, 1.54) is 71.1 Å². The molecule has 2 heteroatoms. The van der Waals surface area contributed by atoms with E-state index in [1.54, 1.807) is 6.42 Å². The molecule has 0 aromatic rings. The normalized spacial score (nSPS) is 29.5. The number of hydrogen-bond acceptors (Lipinski definition) is 2. The van der Waals surface area contributed by atoms with E-state index >= 15 is 0 Å². The standard InChI is InChI=1S/C17H34N2/c1-3-9-18-10-5-4-6-11-19(2)14-17-13-15-7-8-16(17)12-15/h15-18H,3-14H2,1-2H3. The predicted molar refractivity (Wildman–Crippen MR) is 83.4 cm³/mol. The molecule has 3 atom stereocenters. The summed E-state index contributed by atoms with van der Waals surface area (Å²) in [6, 6.07) is 0. The molecule has 1 N–H and O–H groups in total. The summed E-state index contributed by atoms with van der Waals surface area (Å²) < 4.78 is 0. The van der Waals surface area contributed by atoms with Crippen molar-refractivity contribution in [2.24, 2.45) is 17.8 Å². The van der Waals surface area contributed by atoms with Gasteiger partial charge in [0.15, 0.2) is 0 Å². The highest BCUT2D eigenvalue weighted by Gasteiger charge is 2.39. The van der Waals surface area contributed by atoms with Crippen molar-refractivity contribution in [3.05, 3.63) is 0 Å². The number of nitrogens with zero attached hydrogens (tertiary/aromatic N) is 1. The zero-order chi connectivity index (χ0) is 13.5. The maximum atomic E-state index is 3.49. The fourth-order valence-corrected chi connectivity index (χ4v) is 4.20. The van der Waals surface area contributed by atoms with Gasteiger partial charge in [-0.2, -0.15) is 0 Å². The molecule has 2 nitrogen and oxygen atoms in total. The van der Waals surface area contributed by atoms with E-state index in [0.29, 0.717) is 0 Å². The molecule has 0 aliphatic heterocycles. The highest BCUT2D eigenvalue weighted by molar-refractivity contribution is 4.90. The molecule has 2 rings (SSSR count). The van der Waals surface area contributed by atoms with Crippen molar-refractivity contribution in [2.45, 2.75) is 58.3 Å². The summed E-state index contributed by atoms with van der Waals surface area (Å²) in [5, 5.41) is 3.49. The van der Waals surface area contributed by atoms with Crippen LogP contribution in [0.25, 0.3) is 0 Å². The highest BCUT2D eigenvalue weighted by atomic mass is 15.1. The van der Waals surface area contributed by atoms with E-state index in [0.717, 1.165) is 17.8 Å². The SMILES string of the molecule is CCCNCCCCCN(C)CC1CC2CCC1C2. The van der Waals surface area contributed by atoms with Crippen molar-refractivity contribution >= 4 is 0 Å². The van der Waals surface area contributed by atoms with Gasteiger partial charge in [0.1, 0.15) is 0 Å². The maximum absolute atomic E-state index is 3.49. The lowest BCUT2D eigenvalue weighted by atomic mass is 9.88. The van der Waals surface area contributed by atoms with Crippen LogP contribution in [0, 0.1) is 17.8 Å². The first-order chi connectivity index (χ1) is 9.29. The van der Waals surface area contributed by atoms with Crippen LogP contribution in [0.1, 0.15) is 58.3 Å². The van der Waals surface area contributed by atoms with Crippen LogP contribution >= 0.6 is 0 Å². The number of unbranched alkanes of at least 4 members (excludes halogenated alkanes) is 2. The minimum absolute atomic E-state index is 1.04. The number of rotatable bonds is 10. The Morgan fingerprint density at radius 1 is 1.05 bits per heavy atom. The molecule has 0 amide bonds. The van der Waals surface area contributed by atoms with E-state index in [4.69, 9.17) is 0 Å². The summed E-state index contributed by atoms with van der Waals surface area (Å²) in [6.07, 6.45) is 11.5. The number of nitrogens with one attached hydrogen (secondary N) is 1. The highest BCUT2D eigenvalue weighted by Crippen LogP contribution is 2.48.